The first-order valence-electron chi connectivity index (χ1n) is 12.7. The SMILES string of the molecule is COc1ccc(C(CC(=O)O)c2ccc3c(c2)CCC(c2cccc(-c4c(C)cccc4C)c2)O3)cc1. The Morgan fingerprint density at radius 2 is 1.65 bits per heavy atom. The van der Waals surface area contributed by atoms with Crippen LogP contribution in [-0.2, 0) is 11.2 Å². The molecule has 0 radical (unpaired) electrons. The Balaban J connectivity index is 1.40. The van der Waals surface area contributed by atoms with Crippen LogP contribution >= 0.6 is 0 Å². The molecule has 1 heterocycles. The number of benzene rings is 4. The molecule has 0 spiro atoms. The standard InChI is InChI=1S/C33H32O4/c1-21-6-4-7-22(2)33(21)27-9-5-8-25(19-27)30-17-13-26-18-24(12-16-31(26)37-30)29(20-32(34)35)23-10-14-28(36-3)15-11-23/h4-12,14-16,18-19,29-30H,13,17,20H2,1-3H3,(H,34,35). The number of hydrogen-bond donors (Lipinski definition) is 1. The van der Waals surface area contributed by atoms with Gasteiger partial charge in [0.25, 0.3) is 0 Å². The molecule has 0 saturated carbocycles. The minimum absolute atomic E-state index is 0.0148. The molecule has 0 bridgehead atoms. The third kappa shape index (κ3) is 5.24. The van der Waals surface area contributed by atoms with Crippen molar-refractivity contribution < 1.29 is 19.4 Å². The van der Waals surface area contributed by atoms with Crippen molar-refractivity contribution in [3.05, 3.63) is 118 Å². The van der Waals surface area contributed by atoms with E-state index in [1.54, 1.807) is 7.11 Å². The fraction of sp³-hybridized carbons (Fsp3) is 0.242. The van der Waals surface area contributed by atoms with Gasteiger partial charge < -0.3 is 14.6 Å². The van der Waals surface area contributed by atoms with Gasteiger partial charge in [0.05, 0.1) is 13.5 Å². The molecule has 2 unspecified atom stereocenters. The molecule has 0 aromatic heterocycles. The lowest BCUT2D eigenvalue weighted by Gasteiger charge is -2.28. The summed E-state index contributed by atoms with van der Waals surface area (Å²) in [6.07, 6.45) is 1.77. The Morgan fingerprint density at radius 3 is 2.35 bits per heavy atom. The summed E-state index contributed by atoms with van der Waals surface area (Å²) in [4.78, 5) is 11.7. The van der Waals surface area contributed by atoms with Crippen LogP contribution < -0.4 is 9.47 Å². The summed E-state index contributed by atoms with van der Waals surface area (Å²) >= 11 is 0. The Bertz CT molecular complexity index is 1400. The van der Waals surface area contributed by atoms with Gasteiger partial charge in [0.2, 0.25) is 0 Å². The van der Waals surface area contributed by atoms with Crippen molar-refractivity contribution in [1.82, 2.24) is 0 Å². The molecule has 5 rings (SSSR count). The molecule has 0 saturated heterocycles. The van der Waals surface area contributed by atoms with Crippen LogP contribution in [0.4, 0.5) is 0 Å². The minimum atomic E-state index is -0.821. The van der Waals surface area contributed by atoms with Crippen molar-refractivity contribution >= 4 is 5.97 Å². The summed E-state index contributed by atoms with van der Waals surface area (Å²) in [6, 6.07) is 28.9. The molecule has 188 valence electrons. The Morgan fingerprint density at radius 1 is 0.946 bits per heavy atom. The zero-order valence-electron chi connectivity index (χ0n) is 21.5. The molecule has 1 N–H and O–H groups in total. The van der Waals surface area contributed by atoms with Crippen LogP contribution in [0.25, 0.3) is 11.1 Å². The van der Waals surface area contributed by atoms with E-state index in [2.05, 4.69) is 62.4 Å². The zero-order valence-corrected chi connectivity index (χ0v) is 21.5. The van der Waals surface area contributed by atoms with E-state index in [-0.39, 0.29) is 18.4 Å². The van der Waals surface area contributed by atoms with Gasteiger partial charge in [-0.25, -0.2) is 0 Å². The van der Waals surface area contributed by atoms with E-state index in [0.29, 0.717) is 0 Å². The molecule has 4 heteroatoms. The van der Waals surface area contributed by atoms with Gasteiger partial charge in [-0.1, -0.05) is 60.7 Å². The highest BCUT2D eigenvalue weighted by Crippen LogP contribution is 2.39. The molecule has 4 nitrogen and oxygen atoms in total. The van der Waals surface area contributed by atoms with Crippen LogP contribution in [0.1, 0.15) is 58.2 Å². The second-order valence-corrected chi connectivity index (χ2v) is 9.83. The van der Waals surface area contributed by atoms with Crippen molar-refractivity contribution in [1.29, 1.82) is 0 Å². The highest BCUT2D eigenvalue weighted by atomic mass is 16.5. The number of carboxylic acid groups (broad SMARTS) is 1. The van der Waals surface area contributed by atoms with Crippen molar-refractivity contribution in [3.63, 3.8) is 0 Å². The summed E-state index contributed by atoms with van der Waals surface area (Å²) < 4.78 is 11.8. The summed E-state index contributed by atoms with van der Waals surface area (Å²) in [5, 5.41) is 9.60. The molecular weight excluding hydrogens is 460 g/mol. The van der Waals surface area contributed by atoms with Gasteiger partial charge in [0.1, 0.15) is 17.6 Å². The van der Waals surface area contributed by atoms with Gasteiger partial charge in [-0.2, -0.15) is 0 Å². The lowest BCUT2D eigenvalue weighted by molar-refractivity contribution is -0.137. The maximum absolute atomic E-state index is 11.7. The average molecular weight is 493 g/mol. The van der Waals surface area contributed by atoms with Crippen molar-refractivity contribution in [2.75, 3.05) is 7.11 Å². The predicted molar refractivity (Wildman–Crippen MR) is 147 cm³/mol. The molecular formula is C33H32O4. The topological polar surface area (TPSA) is 55.8 Å². The van der Waals surface area contributed by atoms with E-state index >= 15 is 0 Å². The highest BCUT2D eigenvalue weighted by molar-refractivity contribution is 5.71. The first kappa shape index (κ1) is 24.6. The van der Waals surface area contributed by atoms with Gasteiger partial charge in [-0.05, 0) is 95.5 Å². The number of hydrogen-bond acceptors (Lipinski definition) is 3. The molecule has 4 aromatic rings. The molecule has 4 aromatic carbocycles. The van der Waals surface area contributed by atoms with Gasteiger partial charge in [-0.15, -0.1) is 0 Å². The van der Waals surface area contributed by atoms with Crippen molar-refractivity contribution in [2.24, 2.45) is 0 Å². The van der Waals surface area contributed by atoms with E-state index < -0.39 is 5.97 Å². The van der Waals surface area contributed by atoms with Gasteiger partial charge in [0, 0.05) is 5.92 Å². The van der Waals surface area contributed by atoms with Gasteiger partial charge in [-0.3, -0.25) is 4.79 Å². The second-order valence-electron chi connectivity index (χ2n) is 9.83. The van der Waals surface area contributed by atoms with Crippen LogP contribution in [0, 0.1) is 13.8 Å². The van der Waals surface area contributed by atoms with E-state index in [1.807, 2.05) is 36.4 Å². The lowest BCUT2D eigenvalue weighted by atomic mass is 9.86. The van der Waals surface area contributed by atoms with Crippen LogP contribution in [0.3, 0.4) is 0 Å². The number of rotatable bonds is 7. The van der Waals surface area contributed by atoms with Crippen LogP contribution in [0.15, 0.2) is 84.9 Å². The van der Waals surface area contributed by atoms with Crippen LogP contribution in [-0.4, -0.2) is 18.2 Å². The van der Waals surface area contributed by atoms with Crippen molar-refractivity contribution in [3.8, 4) is 22.6 Å². The Labute approximate surface area is 218 Å². The van der Waals surface area contributed by atoms with E-state index in [4.69, 9.17) is 9.47 Å². The summed E-state index contributed by atoms with van der Waals surface area (Å²) in [6.45, 7) is 4.31. The third-order valence-electron chi connectivity index (χ3n) is 7.36. The quantitative estimate of drug-likeness (QED) is 0.288. The van der Waals surface area contributed by atoms with E-state index in [9.17, 15) is 9.90 Å². The maximum Gasteiger partial charge on any atom is 0.304 e. The molecule has 1 aliphatic rings. The van der Waals surface area contributed by atoms with Crippen LogP contribution in [0.2, 0.25) is 0 Å². The number of carboxylic acids is 1. The second kappa shape index (κ2) is 10.5. The average Bonchev–Trinajstić information content (AvgIpc) is 2.91. The smallest absolute Gasteiger partial charge is 0.304 e. The van der Waals surface area contributed by atoms with Gasteiger partial charge >= 0.3 is 5.97 Å². The molecule has 0 amide bonds. The van der Waals surface area contributed by atoms with E-state index in [0.717, 1.165) is 41.0 Å². The summed E-state index contributed by atoms with van der Waals surface area (Å²) in [5.41, 5.74) is 9.30. The first-order valence-corrected chi connectivity index (χ1v) is 12.7. The number of ether oxygens (including phenoxy) is 2. The van der Waals surface area contributed by atoms with E-state index in [1.165, 1.54) is 27.8 Å². The fourth-order valence-corrected chi connectivity index (χ4v) is 5.46. The maximum atomic E-state index is 11.7. The first-order chi connectivity index (χ1) is 17.9. The molecule has 0 aliphatic carbocycles. The lowest BCUT2D eigenvalue weighted by Crippen LogP contribution is -2.16. The number of carbonyl (C=O) groups is 1. The number of fused-ring (bicyclic) bond motifs is 1. The summed E-state index contributed by atoms with van der Waals surface area (Å²) in [5.74, 6) is 0.574. The largest absolute Gasteiger partial charge is 0.497 e. The zero-order chi connectivity index (χ0) is 25.9. The third-order valence-corrected chi connectivity index (χ3v) is 7.36. The number of aryl methyl sites for hydroxylation is 3. The molecule has 0 fully saturated rings. The fourth-order valence-electron chi connectivity index (χ4n) is 5.46. The Kier molecular flexibility index (Phi) is 7.00. The highest BCUT2D eigenvalue weighted by Gasteiger charge is 2.25. The normalized spacial score (nSPS) is 15.4. The van der Waals surface area contributed by atoms with Crippen LogP contribution in [0.5, 0.6) is 11.5 Å². The monoisotopic (exact) mass is 492 g/mol. The molecule has 1 aliphatic heterocycles. The Hall–Kier alpha value is -4.05. The minimum Gasteiger partial charge on any atom is -0.497 e. The molecule has 37 heavy (non-hydrogen) atoms. The number of methoxy groups -OCH3 is 1. The summed E-state index contributed by atoms with van der Waals surface area (Å²) in [7, 11) is 1.63. The predicted octanol–water partition coefficient (Wildman–Crippen LogP) is 7.65. The van der Waals surface area contributed by atoms with Gasteiger partial charge in [0.15, 0.2) is 0 Å². The number of aliphatic carboxylic acids is 1. The van der Waals surface area contributed by atoms with Crippen molar-refractivity contribution in [2.45, 2.75) is 45.1 Å². The molecule has 2 atom stereocenters.